The third-order valence-electron chi connectivity index (χ3n) is 5.42. The van der Waals surface area contributed by atoms with Crippen molar-refractivity contribution in [2.24, 2.45) is 0 Å². The van der Waals surface area contributed by atoms with Gasteiger partial charge >= 0.3 is 0 Å². The number of likely N-dealkylation sites (tertiary alicyclic amines) is 1. The van der Waals surface area contributed by atoms with Crippen LogP contribution in [0.15, 0.2) is 42.7 Å². The van der Waals surface area contributed by atoms with Crippen molar-refractivity contribution < 1.29 is 13.2 Å². The van der Waals surface area contributed by atoms with Crippen LogP contribution in [0.25, 0.3) is 0 Å². The zero-order valence-corrected chi connectivity index (χ0v) is 16.0. The maximum atomic E-state index is 13.2. The molecule has 0 spiro atoms. The van der Waals surface area contributed by atoms with Crippen molar-refractivity contribution in [2.45, 2.75) is 37.5 Å². The van der Waals surface area contributed by atoms with Crippen molar-refractivity contribution in [1.29, 1.82) is 0 Å². The molecule has 0 saturated carbocycles. The molecular formula is C19H24N4O3S. The minimum absolute atomic E-state index is 0.00720. The number of hydrogen-bond donors (Lipinski definition) is 0. The summed E-state index contributed by atoms with van der Waals surface area (Å²) in [5, 5.41) is 3.57. The largest absolute Gasteiger partial charge is 0.341 e. The number of sulfonamides is 1. The molecule has 1 aromatic carbocycles. The predicted molar refractivity (Wildman–Crippen MR) is 103 cm³/mol. The van der Waals surface area contributed by atoms with Crippen molar-refractivity contribution in [3.05, 3.63) is 48.3 Å². The van der Waals surface area contributed by atoms with Crippen molar-refractivity contribution in [3.8, 4) is 0 Å². The summed E-state index contributed by atoms with van der Waals surface area (Å²) >= 11 is 0. The van der Waals surface area contributed by atoms with Gasteiger partial charge in [0.05, 0.1) is 10.9 Å². The van der Waals surface area contributed by atoms with Gasteiger partial charge in [0.2, 0.25) is 15.9 Å². The van der Waals surface area contributed by atoms with Gasteiger partial charge in [-0.05, 0) is 37.0 Å². The van der Waals surface area contributed by atoms with Crippen LogP contribution in [-0.2, 0) is 27.8 Å². The van der Waals surface area contributed by atoms with Crippen LogP contribution in [0.5, 0.6) is 0 Å². The predicted octanol–water partition coefficient (Wildman–Crippen LogP) is 1.66. The van der Waals surface area contributed by atoms with Crippen molar-refractivity contribution >= 4 is 21.6 Å². The number of rotatable bonds is 5. The molecule has 144 valence electrons. The number of para-hydroxylation sites is 1. The molecule has 1 aromatic heterocycles. The highest BCUT2D eigenvalue weighted by Gasteiger charge is 2.39. The van der Waals surface area contributed by atoms with E-state index in [4.69, 9.17) is 0 Å². The van der Waals surface area contributed by atoms with Crippen LogP contribution in [0.1, 0.15) is 24.8 Å². The number of aryl methyl sites for hydroxylation is 1. The van der Waals surface area contributed by atoms with E-state index < -0.39 is 15.3 Å². The van der Waals surface area contributed by atoms with E-state index in [-0.39, 0.29) is 12.5 Å². The van der Waals surface area contributed by atoms with Crippen LogP contribution in [0.3, 0.4) is 0 Å². The Hall–Kier alpha value is -2.35. The first kappa shape index (κ1) is 18.0. The number of piperidine rings is 1. The number of carbonyl (C=O) groups excluding carboxylic acids is 1. The van der Waals surface area contributed by atoms with E-state index in [1.54, 1.807) is 20.1 Å². The Balaban J connectivity index is 1.44. The first-order valence-electron chi connectivity index (χ1n) is 9.40. The molecule has 0 aliphatic carbocycles. The molecule has 0 unspecified atom stereocenters. The lowest BCUT2D eigenvalue weighted by Crippen LogP contribution is -2.49. The van der Waals surface area contributed by atoms with Crippen LogP contribution in [0.2, 0.25) is 0 Å². The average Bonchev–Trinajstić information content (AvgIpc) is 3.36. The molecule has 2 aromatic rings. The molecule has 0 bridgehead atoms. The van der Waals surface area contributed by atoms with Crippen LogP contribution in [-0.4, -0.2) is 53.9 Å². The molecule has 1 atom stereocenters. The fourth-order valence-corrected chi connectivity index (χ4v) is 5.95. The standard InChI is InChI=1S/C19H24N4O3S/c24-19(9-13-22-12-4-10-20-22)21-11-3-6-17(15-21)27(25,26)23-14-8-16-5-1-2-7-18(16)23/h1-2,4-5,7,10,12,17H,3,6,8-9,11,13-15H2/t17-/m0/s1. The van der Waals surface area contributed by atoms with Gasteiger partial charge in [-0.25, -0.2) is 8.42 Å². The molecule has 3 heterocycles. The monoisotopic (exact) mass is 388 g/mol. The Morgan fingerprint density at radius 3 is 2.85 bits per heavy atom. The van der Waals surface area contributed by atoms with Gasteiger partial charge in [0.25, 0.3) is 0 Å². The van der Waals surface area contributed by atoms with Gasteiger partial charge in [-0.3, -0.25) is 13.8 Å². The number of carbonyl (C=O) groups is 1. The summed E-state index contributed by atoms with van der Waals surface area (Å²) in [5.41, 5.74) is 1.86. The average molecular weight is 388 g/mol. The van der Waals surface area contributed by atoms with Crippen molar-refractivity contribution in [3.63, 3.8) is 0 Å². The Morgan fingerprint density at radius 2 is 2.04 bits per heavy atom. The van der Waals surface area contributed by atoms with Crippen LogP contribution in [0.4, 0.5) is 5.69 Å². The lowest BCUT2D eigenvalue weighted by molar-refractivity contribution is -0.132. The van der Waals surface area contributed by atoms with Gasteiger partial charge in [0.15, 0.2) is 0 Å². The molecule has 2 aliphatic rings. The number of fused-ring (bicyclic) bond motifs is 1. The lowest BCUT2D eigenvalue weighted by Gasteiger charge is -2.35. The van der Waals surface area contributed by atoms with Gasteiger partial charge < -0.3 is 4.90 Å². The van der Waals surface area contributed by atoms with Gasteiger partial charge in [-0.1, -0.05) is 18.2 Å². The second kappa shape index (κ2) is 7.34. The normalized spacial score (nSPS) is 19.9. The highest BCUT2D eigenvalue weighted by atomic mass is 32.2. The molecule has 0 N–H and O–H groups in total. The summed E-state index contributed by atoms with van der Waals surface area (Å²) in [6, 6.07) is 9.49. The van der Waals surface area contributed by atoms with E-state index in [2.05, 4.69) is 5.10 Å². The van der Waals surface area contributed by atoms with E-state index in [0.29, 0.717) is 38.9 Å². The SMILES string of the molecule is O=C(CCn1cccn1)N1CCC[C@H](S(=O)(=O)N2CCc3ccccc32)C1. The summed E-state index contributed by atoms with van der Waals surface area (Å²) in [6.07, 6.45) is 5.90. The summed E-state index contributed by atoms with van der Waals surface area (Å²) in [6.45, 7) is 1.91. The summed E-state index contributed by atoms with van der Waals surface area (Å²) in [7, 11) is -3.48. The molecule has 7 nitrogen and oxygen atoms in total. The highest BCUT2D eigenvalue weighted by molar-refractivity contribution is 7.93. The zero-order valence-electron chi connectivity index (χ0n) is 15.2. The molecule has 4 rings (SSSR count). The van der Waals surface area contributed by atoms with E-state index >= 15 is 0 Å². The minimum atomic E-state index is -3.48. The second-order valence-electron chi connectivity index (χ2n) is 7.12. The zero-order chi connectivity index (χ0) is 18.9. The first-order chi connectivity index (χ1) is 13.1. The summed E-state index contributed by atoms with van der Waals surface area (Å²) in [4.78, 5) is 14.3. The van der Waals surface area contributed by atoms with Crippen LogP contribution < -0.4 is 4.31 Å². The van der Waals surface area contributed by atoms with Crippen LogP contribution in [0, 0.1) is 0 Å². The smallest absolute Gasteiger partial charge is 0.239 e. The highest BCUT2D eigenvalue weighted by Crippen LogP contribution is 2.33. The maximum absolute atomic E-state index is 13.2. The number of anilines is 1. The van der Waals surface area contributed by atoms with Gasteiger partial charge in [-0.15, -0.1) is 0 Å². The van der Waals surface area contributed by atoms with Crippen molar-refractivity contribution in [1.82, 2.24) is 14.7 Å². The quantitative estimate of drug-likeness (QED) is 0.781. The first-order valence-corrected chi connectivity index (χ1v) is 10.9. The van der Waals surface area contributed by atoms with Gasteiger partial charge in [-0.2, -0.15) is 5.10 Å². The molecule has 8 heteroatoms. The topological polar surface area (TPSA) is 75.5 Å². The molecular weight excluding hydrogens is 364 g/mol. The fourth-order valence-electron chi connectivity index (χ4n) is 3.96. The lowest BCUT2D eigenvalue weighted by atomic mass is 10.1. The summed E-state index contributed by atoms with van der Waals surface area (Å²) in [5.74, 6) is -0.00720. The fraction of sp³-hybridized carbons (Fsp3) is 0.474. The number of hydrogen-bond acceptors (Lipinski definition) is 4. The Labute approximate surface area is 159 Å². The van der Waals surface area contributed by atoms with E-state index in [9.17, 15) is 13.2 Å². The van der Waals surface area contributed by atoms with Crippen molar-refractivity contribution in [2.75, 3.05) is 23.9 Å². The Bertz CT molecular complexity index is 911. The molecule has 2 aliphatic heterocycles. The Morgan fingerprint density at radius 1 is 1.19 bits per heavy atom. The number of amides is 1. The van der Waals surface area contributed by atoms with E-state index in [1.807, 2.05) is 36.5 Å². The Kier molecular flexibility index (Phi) is 4.90. The molecule has 0 radical (unpaired) electrons. The number of aromatic nitrogens is 2. The van der Waals surface area contributed by atoms with E-state index in [0.717, 1.165) is 17.7 Å². The van der Waals surface area contributed by atoms with Crippen LogP contribution >= 0.6 is 0 Å². The minimum Gasteiger partial charge on any atom is -0.341 e. The molecule has 27 heavy (non-hydrogen) atoms. The number of nitrogens with zero attached hydrogens (tertiary/aromatic N) is 4. The molecule has 1 fully saturated rings. The maximum Gasteiger partial charge on any atom is 0.239 e. The van der Waals surface area contributed by atoms with Gasteiger partial charge in [0, 0.05) is 45.0 Å². The third-order valence-corrected chi connectivity index (χ3v) is 7.64. The van der Waals surface area contributed by atoms with Gasteiger partial charge in [0.1, 0.15) is 0 Å². The second-order valence-corrected chi connectivity index (χ2v) is 9.26. The molecule has 1 saturated heterocycles. The third kappa shape index (κ3) is 3.58. The van der Waals surface area contributed by atoms with E-state index in [1.165, 1.54) is 0 Å². The molecule has 1 amide bonds. The number of benzene rings is 1. The summed E-state index contributed by atoms with van der Waals surface area (Å²) < 4.78 is 29.7.